The Morgan fingerprint density at radius 2 is 1.97 bits per heavy atom. The zero-order valence-electron chi connectivity index (χ0n) is 16.6. The summed E-state index contributed by atoms with van der Waals surface area (Å²) in [6, 6.07) is 16.7. The van der Waals surface area contributed by atoms with Crippen molar-refractivity contribution in [2.45, 2.75) is 13.0 Å². The van der Waals surface area contributed by atoms with Crippen LogP contribution in [0.15, 0.2) is 71.9 Å². The SMILES string of the molecule is COc1ccc(-c2cc(=O)n(CCNC(=O)Cc3c[nH]c4ccccc34)cn2)cc1. The smallest absolute Gasteiger partial charge is 0.253 e. The second kappa shape index (κ2) is 8.65. The molecule has 0 spiro atoms. The minimum atomic E-state index is -0.165. The molecule has 2 aromatic heterocycles. The topological polar surface area (TPSA) is 89.0 Å². The number of amides is 1. The lowest BCUT2D eigenvalue weighted by Crippen LogP contribution is -2.31. The lowest BCUT2D eigenvalue weighted by molar-refractivity contribution is -0.120. The van der Waals surface area contributed by atoms with Gasteiger partial charge in [0.25, 0.3) is 5.56 Å². The Bertz CT molecular complexity index is 1230. The van der Waals surface area contributed by atoms with Crippen molar-refractivity contribution in [2.24, 2.45) is 0 Å². The van der Waals surface area contributed by atoms with Crippen LogP contribution in [0, 0.1) is 0 Å². The molecule has 30 heavy (non-hydrogen) atoms. The Balaban J connectivity index is 1.34. The van der Waals surface area contributed by atoms with Crippen molar-refractivity contribution in [3.63, 3.8) is 0 Å². The van der Waals surface area contributed by atoms with Crippen LogP contribution in [0.4, 0.5) is 0 Å². The van der Waals surface area contributed by atoms with Crippen LogP contribution in [-0.4, -0.2) is 34.1 Å². The van der Waals surface area contributed by atoms with Crippen molar-refractivity contribution in [2.75, 3.05) is 13.7 Å². The molecule has 2 heterocycles. The highest BCUT2D eigenvalue weighted by atomic mass is 16.5. The van der Waals surface area contributed by atoms with Gasteiger partial charge in [-0.25, -0.2) is 4.98 Å². The molecule has 0 saturated heterocycles. The zero-order valence-corrected chi connectivity index (χ0v) is 16.6. The number of methoxy groups -OCH3 is 1. The Labute approximate surface area is 173 Å². The molecule has 4 rings (SSSR count). The summed E-state index contributed by atoms with van der Waals surface area (Å²) in [6.07, 6.45) is 3.65. The number of hydrogen-bond acceptors (Lipinski definition) is 4. The number of carbonyl (C=O) groups excluding carboxylic acids is 1. The predicted molar refractivity (Wildman–Crippen MR) is 115 cm³/mol. The van der Waals surface area contributed by atoms with Crippen LogP contribution < -0.4 is 15.6 Å². The van der Waals surface area contributed by atoms with Crippen molar-refractivity contribution in [3.05, 3.63) is 83.0 Å². The number of nitrogens with one attached hydrogen (secondary N) is 2. The van der Waals surface area contributed by atoms with Gasteiger partial charge in [-0.1, -0.05) is 18.2 Å². The number of ether oxygens (including phenoxy) is 1. The normalized spacial score (nSPS) is 10.8. The fraction of sp³-hybridized carbons (Fsp3) is 0.174. The van der Waals surface area contributed by atoms with E-state index in [0.29, 0.717) is 18.8 Å². The van der Waals surface area contributed by atoms with Crippen molar-refractivity contribution in [3.8, 4) is 17.0 Å². The van der Waals surface area contributed by atoms with E-state index in [1.165, 1.54) is 17.0 Å². The molecule has 0 fully saturated rings. The van der Waals surface area contributed by atoms with E-state index in [1.54, 1.807) is 7.11 Å². The number of benzene rings is 2. The molecule has 0 aliphatic rings. The summed E-state index contributed by atoms with van der Waals surface area (Å²) in [5.41, 5.74) is 3.23. The average Bonchev–Trinajstić information content (AvgIpc) is 3.18. The first-order valence-corrected chi connectivity index (χ1v) is 9.66. The van der Waals surface area contributed by atoms with Gasteiger partial charge in [-0.2, -0.15) is 0 Å². The molecule has 0 aliphatic carbocycles. The fourth-order valence-corrected chi connectivity index (χ4v) is 3.34. The maximum Gasteiger partial charge on any atom is 0.253 e. The zero-order chi connectivity index (χ0) is 20.9. The van der Waals surface area contributed by atoms with Gasteiger partial charge in [-0.05, 0) is 35.9 Å². The summed E-state index contributed by atoms with van der Waals surface area (Å²) in [5.74, 6) is 0.658. The average molecular weight is 402 g/mol. The van der Waals surface area contributed by atoms with Gasteiger partial charge in [0, 0.05) is 41.8 Å². The number of carbonyl (C=O) groups is 1. The predicted octanol–water partition coefficient (Wildman–Crippen LogP) is 2.76. The van der Waals surface area contributed by atoms with E-state index < -0.39 is 0 Å². The molecule has 7 heteroatoms. The van der Waals surface area contributed by atoms with Gasteiger partial charge in [0.2, 0.25) is 5.91 Å². The Morgan fingerprint density at radius 3 is 2.73 bits per heavy atom. The van der Waals surface area contributed by atoms with E-state index in [2.05, 4.69) is 15.3 Å². The summed E-state index contributed by atoms with van der Waals surface area (Å²) >= 11 is 0. The second-order valence-electron chi connectivity index (χ2n) is 6.92. The summed E-state index contributed by atoms with van der Waals surface area (Å²) in [6.45, 7) is 0.707. The van der Waals surface area contributed by atoms with Crippen LogP contribution in [-0.2, 0) is 17.8 Å². The number of fused-ring (bicyclic) bond motifs is 1. The number of rotatable bonds is 7. The second-order valence-corrected chi connectivity index (χ2v) is 6.92. The first kappa shape index (κ1) is 19.4. The van der Waals surface area contributed by atoms with E-state index in [0.717, 1.165) is 27.8 Å². The molecule has 0 radical (unpaired) electrons. The van der Waals surface area contributed by atoms with Gasteiger partial charge in [0.05, 0.1) is 25.6 Å². The quantitative estimate of drug-likeness (QED) is 0.497. The van der Waals surface area contributed by atoms with E-state index in [1.807, 2.05) is 54.7 Å². The number of H-pyrrole nitrogens is 1. The number of hydrogen-bond donors (Lipinski definition) is 2. The van der Waals surface area contributed by atoms with E-state index in [4.69, 9.17) is 4.74 Å². The molecule has 2 aromatic carbocycles. The summed E-state index contributed by atoms with van der Waals surface area (Å²) < 4.78 is 6.63. The van der Waals surface area contributed by atoms with E-state index in [9.17, 15) is 9.59 Å². The Hall–Kier alpha value is -3.87. The molecular formula is C23H22N4O3. The third-order valence-electron chi connectivity index (χ3n) is 4.97. The molecule has 0 atom stereocenters. The molecule has 4 aromatic rings. The van der Waals surface area contributed by atoms with Gasteiger partial charge in [-0.15, -0.1) is 0 Å². The number of aromatic nitrogens is 3. The summed E-state index contributed by atoms with van der Waals surface area (Å²) in [5, 5.41) is 3.91. The minimum Gasteiger partial charge on any atom is -0.497 e. The first-order valence-electron chi connectivity index (χ1n) is 9.66. The van der Waals surface area contributed by atoms with E-state index in [-0.39, 0.29) is 17.9 Å². The molecule has 0 saturated carbocycles. The van der Waals surface area contributed by atoms with Crippen molar-refractivity contribution in [1.29, 1.82) is 0 Å². The fourth-order valence-electron chi connectivity index (χ4n) is 3.34. The highest BCUT2D eigenvalue weighted by Gasteiger charge is 2.09. The Morgan fingerprint density at radius 1 is 1.17 bits per heavy atom. The maximum atomic E-state index is 12.4. The molecular weight excluding hydrogens is 380 g/mol. The number of aromatic amines is 1. The van der Waals surface area contributed by atoms with Gasteiger partial charge in [0.1, 0.15) is 5.75 Å². The first-order chi connectivity index (χ1) is 14.6. The third kappa shape index (κ3) is 4.25. The number of nitrogens with zero attached hydrogens (tertiary/aromatic N) is 2. The van der Waals surface area contributed by atoms with Crippen LogP contribution in [0.3, 0.4) is 0 Å². The summed E-state index contributed by atoms with van der Waals surface area (Å²) in [7, 11) is 1.60. The lowest BCUT2D eigenvalue weighted by Gasteiger charge is -2.08. The third-order valence-corrected chi connectivity index (χ3v) is 4.97. The van der Waals surface area contributed by atoms with Crippen molar-refractivity contribution in [1.82, 2.24) is 19.9 Å². The monoisotopic (exact) mass is 402 g/mol. The largest absolute Gasteiger partial charge is 0.497 e. The maximum absolute atomic E-state index is 12.4. The van der Waals surface area contributed by atoms with E-state index >= 15 is 0 Å². The molecule has 2 N–H and O–H groups in total. The molecule has 7 nitrogen and oxygen atoms in total. The molecule has 0 unspecified atom stereocenters. The summed E-state index contributed by atoms with van der Waals surface area (Å²) in [4.78, 5) is 32.2. The van der Waals surface area contributed by atoms with Crippen LogP contribution >= 0.6 is 0 Å². The van der Waals surface area contributed by atoms with Crippen LogP contribution in [0.5, 0.6) is 5.75 Å². The van der Waals surface area contributed by atoms with Crippen LogP contribution in [0.25, 0.3) is 22.2 Å². The van der Waals surface area contributed by atoms with Gasteiger partial charge >= 0.3 is 0 Å². The van der Waals surface area contributed by atoms with Gasteiger partial charge < -0.3 is 15.0 Å². The highest BCUT2D eigenvalue weighted by Crippen LogP contribution is 2.19. The molecule has 0 bridgehead atoms. The van der Waals surface area contributed by atoms with Crippen LogP contribution in [0.2, 0.25) is 0 Å². The van der Waals surface area contributed by atoms with Crippen LogP contribution in [0.1, 0.15) is 5.56 Å². The Kier molecular flexibility index (Phi) is 5.61. The minimum absolute atomic E-state index is 0.0874. The van der Waals surface area contributed by atoms with Crippen molar-refractivity contribution < 1.29 is 9.53 Å². The standard InChI is InChI=1S/C23H22N4O3/c1-30-18-8-6-16(7-9-18)21-13-23(29)27(15-26-21)11-10-24-22(28)12-17-14-25-20-5-3-2-4-19(17)20/h2-9,13-15,25H,10-12H2,1H3,(H,24,28). The van der Waals surface area contributed by atoms with Crippen molar-refractivity contribution >= 4 is 16.8 Å². The highest BCUT2D eigenvalue weighted by molar-refractivity contribution is 5.88. The number of para-hydroxylation sites is 1. The molecule has 0 aliphatic heterocycles. The van der Waals surface area contributed by atoms with Gasteiger partial charge in [0.15, 0.2) is 0 Å². The van der Waals surface area contributed by atoms with Gasteiger partial charge in [-0.3, -0.25) is 14.2 Å². The molecule has 152 valence electrons. The lowest BCUT2D eigenvalue weighted by atomic mass is 10.1. The molecule has 1 amide bonds.